The highest BCUT2D eigenvalue weighted by molar-refractivity contribution is 5.90. The molecule has 0 spiro atoms. The van der Waals surface area contributed by atoms with Crippen LogP contribution >= 0.6 is 0 Å². The van der Waals surface area contributed by atoms with Crippen LogP contribution in [0, 0.1) is 5.82 Å². The predicted molar refractivity (Wildman–Crippen MR) is 107 cm³/mol. The molecule has 1 aliphatic rings. The second-order valence-corrected chi connectivity index (χ2v) is 6.86. The molecule has 4 aromatic rings. The first kappa shape index (κ1) is 17.3. The first-order chi connectivity index (χ1) is 14.2. The Hall–Kier alpha value is -3.81. The van der Waals surface area contributed by atoms with E-state index < -0.39 is 5.82 Å². The topological polar surface area (TPSA) is 75.9 Å². The number of urea groups is 1. The number of halogens is 1. The Morgan fingerprint density at radius 1 is 1.10 bits per heavy atom. The monoisotopic (exact) mass is 388 g/mol. The summed E-state index contributed by atoms with van der Waals surface area (Å²) in [4.78, 5) is 22.5. The molecule has 144 valence electrons. The number of rotatable bonds is 3. The quantitative estimate of drug-likeness (QED) is 0.578. The Kier molecular flexibility index (Phi) is 4.16. The van der Waals surface area contributed by atoms with E-state index >= 15 is 0 Å². The molecule has 4 heterocycles. The molecule has 3 aromatic heterocycles. The first-order valence-electron chi connectivity index (χ1n) is 9.30. The van der Waals surface area contributed by atoms with Crippen molar-refractivity contribution in [3.63, 3.8) is 0 Å². The number of carbonyl (C=O) groups excluding carboxylic acids is 1. The number of fused-ring (bicyclic) bond motifs is 1. The van der Waals surface area contributed by atoms with Gasteiger partial charge in [-0.1, -0.05) is 6.07 Å². The van der Waals surface area contributed by atoms with Crippen LogP contribution in [0.25, 0.3) is 28.0 Å². The third kappa shape index (κ3) is 3.29. The van der Waals surface area contributed by atoms with Gasteiger partial charge in [-0.3, -0.25) is 4.98 Å². The average Bonchev–Trinajstić information content (AvgIpc) is 3.12. The third-order valence-electron chi connectivity index (χ3n) is 4.91. The summed E-state index contributed by atoms with van der Waals surface area (Å²) in [5, 5.41) is 7.95. The molecular weight excluding hydrogens is 371 g/mol. The normalized spacial score (nSPS) is 13.3. The van der Waals surface area contributed by atoms with Crippen molar-refractivity contribution in [3.8, 4) is 16.9 Å². The maximum atomic E-state index is 14.5. The molecule has 8 heteroatoms. The molecule has 1 fully saturated rings. The van der Waals surface area contributed by atoms with Crippen molar-refractivity contribution in [3.05, 3.63) is 66.9 Å². The van der Waals surface area contributed by atoms with E-state index in [1.807, 2.05) is 24.3 Å². The summed E-state index contributed by atoms with van der Waals surface area (Å²) >= 11 is 0. The van der Waals surface area contributed by atoms with E-state index in [0.29, 0.717) is 11.3 Å². The van der Waals surface area contributed by atoms with Crippen LogP contribution in [-0.2, 0) is 0 Å². The number of likely N-dealkylation sites (tertiary alicyclic amines) is 1. The zero-order chi connectivity index (χ0) is 19.8. The van der Waals surface area contributed by atoms with Crippen molar-refractivity contribution in [2.75, 3.05) is 18.4 Å². The van der Waals surface area contributed by atoms with E-state index in [-0.39, 0.29) is 11.7 Å². The zero-order valence-electron chi connectivity index (χ0n) is 15.4. The summed E-state index contributed by atoms with van der Waals surface area (Å²) in [6.07, 6.45) is 6.14. The fourth-order valence-electron chi connectivity index (χ4n) is 3.20. The second kappa shape index (κ2) is 6.97. The molecule has 0 saturated carbocycles. The summed E-state index contributed by atoms with van der Waals surface area (Å²) in [5.74, 6) is -0.440. The number of anilines is 1. The summed E-state index contributed by atoms with van der Waals surface area (Å²) in [6.45, 7) is 1.49. The Morgan fingerprint density at radius 2 is 2.00 bits per heavy atom. The fraction of sp³-hybridized carbons (Fsp3) is 0.143. The van der Waals surface area contributed by atoms with Crippen molar-refractivity contribution in [1.82, 2.24) is 24.6 Å². The second-order valence-electron chi connectivity index (χ2n) is 6.86. The van der Waals surface area contributed by atoms with Crippen LogP contribution in [0.1, 0.15) is 6.42 Å². The smallest absolute Gasteiger partial charge is 0.321 e. The van der Waals surface area contributed by atoms with Gasteiger partial charge in [-0.15, -0.1) is 5.10 Å². The predicted octanol–water partition coefficient (Wildman–Crippen LogP) is 3.86. The maximum absolute atomic E-state index is 14.5. The van der Waals surface area contributed by atoms with Crippen molar-refractivity contribution in [1.29, 1.82) is 0 Å². The lowest BCUT2D eigenvalue weighted by Gasteiger charge is -2.30. The Morgan fingerprint density at radius 3 is 2.76 bits per heavy atom. The molecule has 0 atom stereocenters. The van der Waals surface area contributed by atoms with Crippen LogP contribution in [0.5, 0.6) is 0 Å². The van der Waals surface area contributed by atoms with Gasteiger partial charge in [-0.2, -0.15) is 0 Å². The van der Waals surface area contributed by atoms with Crippen LogP contribution in [0.2, 0.25) is 0 Å². The van der Waals surface area contributed by atoms with Crippen molar-refractivity contribution in [2.45, 2.75) is 6.42 Å². The number of pyridine rings is 2. The Bertz CT molecular complexity index is 1200. The molecule has 1 aliphatic heterocycles. The lowest BCUT2D eigenvalue weighted by molar-refractivity contribution is 0.181. The van der Waals surface area contributed by atoms with Crippen LogP contribution in [-0.4, -0.2) is 43.8 Å². The number of hydrogen-bond donors (Lipinski definition) is 1. The van der Waals surface area contributed by atoms with Crippen LogP contribution in [0.3, 0.4) is 0 Å². The average molecular weight is 388 g/mol. The zero-order valence-corrected chi connectivity index (χ0v) is 15.4. The van der Waals surface area contributed by atoms with Gasteiger partial charge in [-0.25, -0.2) is 18.9 Å². The van der Waals surface area contributed by atoms with Crippen molar-refractivity contribution < 1.29 is 9.18 Å². The number of nitrogens with zero attached hydrogens (tertiary/aromatic N) is 5. The van der Waals surface area contributed by atoms with Gasteiger partial charge in [-0.05, 0) is 42.8 Å². The summed E-state index contributed by atoms with van der Waals surface area (Å²) in [6, 6.07) is 11.8. The first-order valence-corrected chi connectivity index (χ1v) is 9.30. The summed E-state index contributed by atoms with van der Waals surface area (Å²) in [7, 11) is 0. The summed E-state index contributed by atoms with van der Waals surface area (Å²) in [5.41, 5.74) is 2.91. The highest BCUT2D eigenvalue weighted by atomic mass is 19.1. The van der Waals surface area contributed by atoms with Crippen molar-refractivity contribution >= 4 is 22.8 Å². The Labute approximate surface area is 165 Å². The SMILES string of the molecule is O=C(Nc1ccc(F)c(-n2cc3cc(-c4ccccn4)cnc3n2)c1)N1CCC1. The number of hydrogen-bond acceptors (Lipinski definition) is 4. The Balaban J connectivity index is 1.48. The van der Waals surface area contributed by atoms with Gasteiger partial charge in [0.15, 0.2) is 5.65 Å². The number of carbonyl (C=O) groups is 1. The van der Waals surface area contributed by atoms with E-state index in [1.165, 1.54) is 16.8 Å². The molecule has 7 nitrogen and oxygen atoms in total. The number of benzene rings is 1. The van der Waals surface area contributed by atoms with Gasteiger partial charge >= 0.3 is 6.03 Å². The van der Waals surface area contributed by atoms with E-state index in [0.717, 1.165) is 36.2 Å². The minimum absolute atomic E-state index is 0.180. The van der Waals surface area contributed by atoms with Gasteiger partial charge in [0.2, 0.25) is 0 Å². The third-order valence-corrected chi connectivity index (χ3v) is 4.91. The van der Waals surface area contributed by atoms with Crippen LogP contribution in [0.4, 0.5) is 14.9 Å². The van der Waals surface area contributed by atoms with Gasteiger partial charge in [0.05, 0.1) is 5.69 Å². The maximum Gasteiger partial charge on any atom is 0.321 e. The van der Waals surface area contributed by atoms with E-state index in [2.05, 4.69) is 20.4 Å². The molecule has 0 bridgehead atoms. The molecule has 0 aliphatic carbocycles. The standard InChI is InChI=1S/C21H17FN6O/c22-17-6-5-16(25-21(29)27-8-3-9-27)11-19(17)28-13-15-10-14(12-24-20(15)26-28)18-4-1-2-7-23-18/h1-2,4-7,10-13H,3,8-9H2,(H,25,29). The number of nitrogens with one attached hydrogen (secondary N) is 1. The van der Waals surface area contributed by atoms with Gasteiger partial charge in [0.25, 0.3) is 0 Å². The minimum atomic E-state index is -0.440. The van der Waals surface area contributed by atoms with Crippen LogP contribution < -0.4 is 5.32 Å². The fourth-order valence-corrected chi connectivity index (χ4v) is 3.20. The van der Waals surface area contributed by atoms with Gasteiger partial charge in [0.1, 0.15) is 11.5 Å². The highest BCUT2D eigenvalue weighted by Crippen LogP contribution is 2.24. The van der Waals surface area contributed by atoms with E-state index in [9.17, 15) is 9.18 Å². The minimum Gasteiger partial charge on any atom is -0.324 e. The molecule has 29 heavy (non-hydrogen) atoms. The molecular formula is C21H17FN6O. The molecule has 2 amide bonds. The lowest BCUT2D eigenvalue weighted by atomic mass is 10.1. The van der Waals surface area contributed by atoms with Gasteiger partial charge < -0.3 is 10.2 Å². The number of aromatic nitrogens is 4. The molecule has 5 rings (SSSR count). The largest absolute Gasteiger partial charge is 0.324 e. The van der Waals surface area contributed by atoms with Crippen molar-refractivity contribution in [2.24, 2.45) is 0 Å². The summed E-state index contributed by atoms with van der Waals surface area (Å²) < 4.78 is 15.9. The van der Waals surface area contributed by atoms with Crippen LogP contribution in [0.15, 0.2) is 61.1 Å². The van der Waals surface area contributed by atoms with E-state index in [4.69, 9.17) is 0 Å². The molecule has 0 unspecified atom stereocenters. The lowest BCUT2D eigenvalue weighted by Crippen LogP contribution is -2.44. The van der Waals surface area contributed by atoms with Gasteiger partial charge in [0, 0.05) is 48.3 Å². The van der Waals surface area contributed by atoms with E-state index in [1.54, 1.807) is 29.6 Å². The molecule has 1 aromatic carbocycles. The number of amides is 2. The molecule has 1 saturated heterocycles. The molecule has 1 N–H and O–H groups in total. The molecule has 0 radical (unpaired) electrons. The highest BCUT2D eigenvalue weighted by Gasteiger charge is 2.20.